The summed E-state index contributed by atoms with van der Waals surface area (Å²) in [5.41, 5.74) is -0.717. The number of piperidine rings is 1. The number of nitrogens with one attached hydrogen (secondary N) is 1. The van der Waals surface area contributed by atoms with Crippen LogP contribution in [0, 0.1) is 23.7 Å². The zero-order valence-electron chi connectivity index (χ0n) is 22.7. The fraction of sp³-hybridized carbons (Fsp3) is 0.852. The van der Waals surface area contributed by atoms with Crippen molar-refractivity contribution in [3.8, 4) is 23.7 Å². The molecular weight excluding hydrogens is 430 g/mol. The van der Waals surface area contributed by atoms with E-state index in [1.165, 1.54) is 0 Å². The second-order valence-electron chi connectivity index (χ2n) is 11.0. The monoisotopic (exact) mass is 479 g/mol. The van der Waals surface area contributed by atoms with E-state index in [0.29, 0.717) is 18.6 Å². The summed E-state index contributed by atoms with van der Waals surface area (Å²) < 4.78 is 5.31. The van der Waals surface area contributed by atoms with Crippen LogP contribution in [0.1, 0.15) is 68.2 Å². The van der Waals surface area contributed by atoms with Gasteiger partial charge in [0.1, 0.15) is 6.10 Å². The van der Waals surface area contributed by atoms with E-state index in [2.05, 4.69) is 80.3 Å². The number of nitrogens with zero attached hydrogens (tertiary/aromatic N) is 2. The fourth-order valence-corrected chi connectivity index (χ4v) is 4.35. The van der Waals surface area contributed by atoms with E-state index < -0.39 is 17.7 Å². The second-order valence-corrected chi connectivity index (χ2v) is 11.0. The standard InChI is InChI=1S/C27H49N3O4/c1-21(2)28-23-11-15-29(16-12-23)26(5,6)13-9-10-14-27(7,8)30(22(3)4)17-24(32)19-34-20-25(33)18-31/h21-25,28,31-33H,11-12,15-20H2,1-8H3. The number of rotatable bonds is 12. The molecule has 0 aromatic heterocycles. The Balaban J connectivity index is 2.71. The van der Waals surface area contributed by atoms with Gasteiger partial charge in [-0.1, -0.05) is 25.7 Å². The Kier molecular flexibility index (Phi) is 13.1. The van der Waals surface area contributed by atoms with E-state index in [0.717, 1.165) is 25.9 Å². The van der Waals surface area contributed by atoms with Gasteiger partial charge >= 0.3 is 0 Å². The summed E-state index contributed by atoms with van der Waals surface area (Å²) in [6.45, 7) is 19.1. The van der Waals surface area contributed by atoms with Crippen molar-refractivity contribution in [3.05, 3.63) is 0 Å². The summed E-state index contributed by atoms with van der Waals surface area (Å²) in [6, 6.07) is 1.26. The summed E-state index contributed by atoms with van der Waals surface area (Å²) in [4.78, 5) is 4.56. The van der Waals surface area contributed by atoms with E-state index in [1.54, 1.807) is 0 Å². The van der Waals surface area contributed by atoms with E-state index in [4.69, 9.17) is 9.84 Å². The molecule has 1 aliphatic heterocycles. The van der Waals surface area contributed by atoms with Gasteiger partial charge in [-0.15, -0.1) is 0 Å². The minimum Gasteiger partial charge on any atom is -0.394 e. The molecular formula is C27H49N3O4. The van der Waals surface area contributed by atoms with E-state index >= 15 is 0 Å². The number of likely N-dealkylation sites (tertiary alicyclic amines) is 1. The molecule has 7 heteroatoms. The van der Waals surface area contributed by atoms with E-state index in [-0.39, 0.29) is 31.4 Å². The van der Waals surface area contributed by atoms with Crippen LogP contribution in [-0.2, 0) is 4.74 Å². The third-order valence-corrected chi connectivity index (χ3v) is 6.23. The highest BCUT2D eigenvalue weighted by atomic mass is 16.5. The quantitative estimate of drug-likeness (QED) is 0.315. The highest BCUT2D eigenvalue weighted by molar-refractivity contribution is 5.33. The molecule has 2 unspecified atom stereocenters. The molecule has 0 aromatic carbocycles. The average Bonchev–Trinajstić information content (AvgIpc) is 2.74. The van der Waals surface area contributed by atoms with Crippen LogP contribution in [0.2, 0.25) is 0 Å². The highest BCUT2D eigenvalue weighted by Crippen LogP contribution is 2.21. The van der Waals surface area contributed by atoms with Crippen molar-refractivity contribution in [1.82, 2.24) is 15.1 Å². The van der Waals surface area contributed by atoms with Gasteiger partial charge in [-0.25, -0.2) is 0 Å². The van der Waals surface area contributed by atoms with E-state index in [9.17, 15) is 10.2 Å². The fourth-order valence-electron chi connectivity index (χ4n) is 4.35. The molecule has 1 aliphatic rings. The summed E-state index contributed by atoms with van der Waals surface area (Å²) in [6.07, 6.45) is 0.612. The van der Waals surface area contributed by atoms with Crippen LogP contribution in [0.15, 0.2) is 0 Å². The normalized spacial score (nSPS) is 17.9. The SMILES string of the molecule is CC(C)NC1CCN(C(C)(C)C#CC#CC(C)(C)N(CC(O)COCC(O)CO)C(C)C)CC1. The molecule has 4 N–H and O–H groups in total. The summed E-state index contributed by atoms with van der Waals surface area (Å²) in [5, 5.41) is 32.3. The van der Waals surface area contributed by atoms with Gasteiger partial charge in [0.25, 0.3) is 0 Å². The van der Waals surface area contributed by atoms with Gasteiger partial charge in [-0.2, -0.15) is 0 Å². The summed E-state index contributed by atoms with van der Waals surface area (Å²) in [5.74, 6) is 12.8. The lowest BCUT2D eigenvalue weighted by atomic mass is 9.96. The first-order chi connectivity index (χ1) is 15.8. The number of aliphatic hydroxyl groups excluding tert-OH is 3. The van der Waals surface area contributed by atoms with Crippen molar-refractivity contribution in [3.63, 3.8) is 0 Å². The number of ether oxygens (including phenoxy) is 1. The van der Waals surface area contributed by atoms with Gasteiger partial charge in [0.15, 0.2) is 0 Å². The zero-order chi connectivity index (χ0) is 25.9. The smallest absolute Gasteiger partial charge is 0.100 e. The molecule has 0 bridgehead atoms. The molecule has 0 spiro atoms. The second kappa shape index (κ2) is 14.4. The predicted molar refractivity (Wildman–Crippen MR) is 138 cm³/mol. The van der Waals surface area contributed by atoms with Crippen molar-refractivity contribution in [1.29, 1.82) is 0 Å². The van der Waals surface area contributed by atoms with Gasteiger partial charge in [-0.3, -0.25) is 9.80 Å². The Bertz CT molecular complexity index is 707. The molecule has 34 heavy (non-hydrogen) atoms. The van der Waals surface area contributed by atoms with E-state index in [1.807, 2.05) is 13.8 Å². The number of hydrogen-bond acceptors (Lipinski definition) is 7. The van der Waals surface area contributed by atoms with Crippen molar-refractivity contribution >= 4 is 0 Å². The molecule has 1 fully saturated rings. The first-order valence-electron chi connectivity index (χ1n) is 12.7. The molecule has 196 valence electrons. The van der Waals surface area contributed by atoms with Crippen LogP contribution in [0.4, 0.5) is 0 Å². The lowest BCUT2D eigenvalue weighted by Crippen LogP contribution is -2.51. The molecule has 0 aliphatic carbocycles. The van der Waals surface area contributed by atoms with Crippen molar-refractivity contribution < 1.29 is 20.1 Å². The van der Waals surface area contributed by atoms with Crippen molar-refractivity contribution in [2.45, 2.75) is 110 Å². The predicted octanol–water partition coefficient (Wildman–Crippen LogP) is 1.45. The van der Waals surface area contributed by atoms with Gasteiger partial charge in [0, 0.05) is 37.8 Å². The topological polar surface area (TPSA) is 88.4 Å². The van der Waals surface area contributed by atoms with Crippen LogP contribution in [0.5, 0.6) is 0 Å². The van der Waals surface area contributed by atoms with Crippen molar-refractivity contribution in [2.24, 2.45) is 0 Å². The average molecular weight is 480 g/mol. The lowest BCUT2D eigenvalue weighted by molar-refractivity contribution is -0.0398. The Morgan fingerprint density at radius 2 is 1.53 bits per heavy atom. The van der Waals surface area contributed by atoms with Gasteiger partial charge in [0.2, 0.25) is 0 Å². The molecule has 1 heterocycles. The first kappa shape index (κ1) is 30.9. The molecule has 0 radical (unpaired) electrons. The third kappa shape index (κ3) is 11.1. The molecule has 0 amide bonds. The Morgan fingerprint density at radius 3 is 2.06 bits per heavy atom. The van der Waals surface area contributed by atoms with Crippen molar-refractivity contribution in [2.75, 3.05) is 39.5 Å². The number of aliphatic hydroxyl groups is 3. The Morgan fingerprint density at radius 1 is 0.971 bits per heavy atom. The maximum Gasteiger partial charge on any atom is 0.100 e. The van der Waals surface area contributed by atoms with Crippen LogP contribution < -0.4 is 5.32 Å². The van der Waals surface area contributed by atoms with Gasteiger partial charge in [-0.05, 0) is 66.2 Å². The number of hydrogen-bond donors (Lipinski definition) is 4. The molecule has 0 aromatic rings. The van der Waals surface area contributed by atoms with Gasteiger partial charge < -0.3 is 25.4 Å². The number of β-amino-alcohol motifs (C(OH)–C–C–N with tert-alkyl or cyclic N) is 1. The zero-order valence-corrected chi connectivity index (χ0v) is 22.7. The lowest BCUT2D eigenvalue weighted by Gasteiger charge is -2.40. The summed E-state index contributed by atoms with van der Waals surface area (Å²) in [7, 11) is 0. The van der Waals surface area contributed by atoms with Crippen LogP contribution in [-0.4, -0.2) is 106 Å². The third-order valence-electron chi connectivity index (χ3n) is 6.23. The first-order valence-corrected chi connectivity index (χ1v) is 12.7. The maximum absolute atomic E-state index is 10.4. The maximum atomic E-state index is 10.4. The largest absolute Gasteiger partial charge is 0.394 e. The van der Waals surface area contributed by atoms with Gasteiger partial charge in [0.05, 0.1) is 37.0 Å². The highest BCUT2D eigenvalue weighted by Gasteiger charge is 2.30. The molecule has 1 rings (SSSR count). The van der Waals surface area contributed by atoms with Crippen LogP contribution in [0.25, 0.3) is 0 Å². The minimum absolute atomic E-state index is 0.00424. The molecule has 0 saturated carbocycles. The van der Waals surface area contributed by atoms with Crippen LogP contribution >= 0.6 is 0 Å². The Labute approximate surface area is 208 Å². The molecule has 7 nitrogen and oxygen atoms in total. The molecule has 1 saturated heterocycles. The molecule has 2 atom stereocenters. The van der Waals surface area contributed by atoms with Crippen LogP contribution in [0.3, 0.4) is 0 Å². The minimum atomic E-state index is -0.929. The summed E-state index contributed by atoms with van der Waals surface area (Å²) >= 11 is 0. The Hall–Kier alpha value is -1.16.